The highest BCUT2D eigenvalue weighted by Gasteiger charge is 2.78. The molecule has 0 aromatic carbocycles. The Hall–Kier alpha value is -0.610. The van der Waals surface area contributed by atoms with Crippen molar-refractivity contribution >= 4 is 0 Å². The lowest BCUT2D eigenvalue weighted by atomic mass is 9.60. The number of rotatable bonds is 8. The first kappa shape index (κ1) is 24.5. The van der Waals surface area contributed by atoms with Crippen LogP contribution in [0, 0.1) is 47.3 Å². The molecule has 0 aromatic rings. The minimum Gasteiger partial charge on any atom is -0.382 e. The molecule has 0 N–H and O–H groups in total. The molecule has 4 bridgehead atoms. The van der Waals surface area contributed by atoms with Gasteiger partial charge in [0.05, 0.1) is 13.2 Å². The van der Waals surface area contributed by atoms with E-state index in [9.17, 15) is 26.3 Å². The third kappa shape index (κ3) is 3.49. The number of halogens is 7. The molecule has 0 aromatic heterocycles. The van der Waals surface area contributed by atoms with E-state index in [1.54, 1.807) is 0 Å². The minimum atomic E-state index is -5.84. The maximum atomic E-state index is 16.2. The molecule has 3 nitrogen and oxygen atoms in total. The first-order valence-electron chi connectivity index (χ1n) is 11.3. The summed E-state index contributed by atoms with van der Waals surface area (Å²) in [7, 11) is 1.31. The predicted octanol–water partition coefficient (Wildman–Crippen LogP) is 5.78. The van der Waals surface area contributed by atoms with Crippen LogP contribution in [0.2, 0.25) is 0 Å². The van der Waals surface area contributed by atoms with Crippen molar-refractivity contribution in [2.45, 2.75) is 63.2 Å². The summed E-state index contributed by atoms with van der Waals surface area (Å²) in [5, 5.41) is 0. The molecule has 4 aliphatic carbocycles. The second-order valence-corrected chi connectivity index (χ2v) is 10.4. The second kappa shape index (κ2) is 7.97. The van der Waals surface area contributed by atoms with E-state index < -0.39 is 42.8 Å². The fraction of sp³-hybridized carbons (Fsp3) is 1.00. The Morgan fingerprint density at radius 1 is 0.875 bits per heavy atom. The Balaban J connectivity index is 1.59. The molecule has 0 spiro atoms. The van der Waals surface area contributed by atoms with Crippen molar-refractivity contribution in [3.63, 3.8) is 0 Å². The molecule has 9 atom stereocenters. The molecule has 0 radical (unpaired) electrons. The first-order chi connectivity index (χ1) is 14.8. The molecule has 4 aliphatic rings. The molecule has 4 saturated carbocycles. The van der Waals surface area contributed by atoms with Crippen LogP contribution in [0.15, 0.2) is 0 Å². The topological polar surface area (TPSA) is 27.7 Å². The Morgan fingerprint density at radius 3 is 2.03 bits per heavy atom. The number of alkyl halides is 7. The average Bonchev–Trinajstić information content (AvgIpc) is 3.38. The maximum Gasteiger partial charge on any atom is 0.426 e. The molecule has 10 heteroatoms. The highest BCUT2D eigenvalue weighted by molar-refractivity contribution is 5.20. The number of ether oxygens (including phenoxy) is 3. The van der Waals surface area contributed by atoms with Gasteiger partial charge in [-0.15, -0.1) is 0 Å². The Kier molecular flexibility index (Phi) is 6.11. The van der Waals surface area contributed by atoms with Crippen LogP contribution in [0.3, 0.4) is 0 Å². The van der Waals surface area contributed by atoms with Gasteiger partial charge in [-0.3, -0.25) is 0 Å². The van der Waals surface area contributed by atoms with Crippen molar-refractivity contribution in [1.29, 1.82) is 0 Å². The summed E-state index contributed by atoms with van der Waals surface area (Å²) < 4.78 is 114. The van der Waals surface area contributed by atoms with Crippen LogP contribution >= 0.6 is 0 Å². The summed E-state index contributed by atoms with van der Waals surface area (Å²) in [5.74, 6) is 0.505. The molecule has 0 aliphatic heterocycles. The fourth-order valence-corrected chi connectivity index (χ4v) is 7.88. The summed E-state index contributed by atoms with van der Waals surface area (Å²) in [4.78, 5) is 0. The van der Waals surface area contributed by atoms with E-state index in [-0.39, 0.29) is 43.3 Å². The highest BCUT2D eigenvalue weighted by Crippen LogP contribution is 2.74. The van der Waals surface area contributed by atoms with Crippen molar-refractivity contribution < 1.29 is 44.9 Å². The van der Waals surface area contributed by atoms with Crippen LogP contribution in [0.25, 0.3) is 0 Å². The zero-order chi connectivity index (χ0) is 23.7. The molecule has 4 fully saturated rings. The van der Waals surface area contributed by atoms with Gasteiger partial charge in [-0.2, -0.15) is 26.3 Å². The van der Waals surface area contributed by atoms with Crippen molar-refractivity contribution in [2.75, 3.05) is 27.1 Å². The van der Waals surface area contributed by atoms with Gasteiger partial charge in [-0.05, 0) is 66.6 Å². The summed E-state index contributed by atoms with van der Waals surface area (Å²) in [6, 6.07) is 0. The van der Waals surface area contributed by atoms with Gasteiger partial charge in [0, 0.05) is 13.5 Å². The van der Waals surface area contributed by atoms with E-state index >= 15 is 4.39 Å². The Morgan fingerprint density at radius 2 is 1.47 bits per heavy atom. The monoisotopic (exact) mass is 476 g/mol. The lowest BCUT2D eigenvalue weighted by Crippen LogP contribution is -2.63. The molecule has 186 valence electrons. The van der Waals surface area contributed by atoms with E-state index in [0.29, 0.717) is 24.2 Å². The van der Waals surface area contributed by atoms with E-state index in [1.807, 2.05) is 0 Å². The Labute approximate surface area is 183 Å². The van der Waals surface area contributed by atoms with E-state index in [2.05, 4.69) is 23.3 Å². The van der Waals surface area contributed by atoms with Crippen LogP contribution in [-0.2, 0) is 14.2 Å². The van der Waals surface area contributed by atoms with Gasteiger partial charge in [0.25, 0.3) is 5.60 Å². The van der Waals surface area contributed by atoms with Crippen LogP contribution in [0.1, 0.15) is 39.5 Å². The maximum absolute atomic E-state index is 16.2. The first-order valence-corrected chi connectivity index (χ1v) is 11.3. The van der Waals surface area contributed by atoms with Gasteiger partial charge in [-0.25, -0.2) is 4.39 Å². The van der Waals surface area contributed by atoms with Crippen LogP contribution in [-0.4, -0.2) is 50.7 Å². The van der Waals surface area contributed by atoms with Gasteiger partial charge in [-0.1, -0.05) is 13.8 Å². The molecule has 32 heavy (non-hydrogen) atoms. The van der Waals surface area contributed by atoms with Crippen molar-refractivity contribution in [3.8, 4) is 0 Å². The van der Waals surface area contributed by atoms with Gasteiger partial charge >= 0.3 is 12.4 Å². The number of hydrogen-bond acceptors (Lipinski definition) is 3. The van der Waals surface area contributed by atoms with Crippen molar-refractivity contribution in [2.24, 2.45) is 47.3 Å². The second-order valence-electron chi connectivity index (χ2n) is 10.4. The summed E-state index contributed by atoms with van der Waals surface area (Å²) in [6.07, 6.45) is -12.4. The molecule has 4 rings (SSSR count). The SMILES string of the molecule is COCCOCOC(CC1(F)CC2CC1C1C3CC(C(C)C3C)C21)(C(F)(F)F)C(F)(F)F. The van der Waals surface area contributed by atoms with Crippen molar-refractivity contribution in [1.82, 2.24) is 0 Å². The molecule has 0 amide bonds. The van der Waals surface area contributed by atoms with Crippen LogP contribution in [0.5, 0.6) is 0 Å². The highest BCUT2D eigenvalue weighted by atomic mass is 19.4. The zero-order valence-electron chi connectivity index (χ0n) is 18.4. The number of methoxy groups -OCH3 is 1. The lowest BCUT2D eigenvalue weighted by molar-refractivity contribution is -0.402. The van der Waals surface area contributed by atoms with Crippen molar-refractivity contribution in [3.05, 3.63) is 0 Å². The minimum absolute atomic E-state index is 0.0204. The van der Waals surface area contributed by atoms with Gasteiger partial charge in [0.1, 0.15) is 12.5 Å². The zero-order valence-corrected chi connectivity index (χ0v) is 18.4. The lowest BCUT2D eigenvalue weighted by Gasteiger charge is -2.48. The smallest absolute Gasteiger partial charge is 0.382 e. The van der Waals surface area contributed by atoms with E-state index in [4.69, 9.17) is 4.74 Å². The largest absolute Gasteiger partial charge is 0.426 e. The fourth-order valence-electron chi connectivity index (χ4n) is 7.88. The summed E-state index contributed by atoms with van der Waals surface area (Å²) in [5.41, 5.74) is -7.19. The molecule has 0 saturated heterocycles. The average molecular weight is 476 g/mol. The molecular weight excluding hydrogens is 445 g/mol. The van der Waals surface area contributed by atoms with E-state index in [1.165, 1.54) is 7.11 Å². The van der Waals surface area contributed by atoms with Gasteiger partial charge in [0.15, 0.2) is 0 Å². The standard InChI is InChI=1S/C22H31F7O3/c1-11-12(2)15-7-14(11)17-13-6-16(18(15)17)19(23,8-13)9-20(21(24,25)26,22(27,28)29)32-10-31-5-4-30-3/h11-18H,4-10H2,1-3H3. The number of hydrogen-bond donors (Lipinski definition) is 0. The van der Waals surface area contributed by atoms with Gasteiger partial charge < -0.3 is 14.2 Å². The molecule has 0 heterocycles. The third-order valence-electron chi connectivity index (χ3n) is 9.27. The summed E-state index contributed by atoms with van der Waals surface area (Å²) >= 11 is 0. The molecule has 9 unspecified atom stereocenters. The van der Waals surface area contributed by atoms with E-state index in [0.717, 1.165) is 6.42 Å². The Bertz CT molecular complexity index is 682. The summed E-state index contributed by atoms with van der Waals surface area (Å²) in [6.45, 7) is 2.73. The van der Waals surface area contributed by atoms with Crippen LogP contribution < -0.4 is 0 Å². The van der Waals surface area contributed by atoms with Gasteiger partial charge in [0.2, 0.25) is 0 Å². The molecular formula is C22H31F7O3. The quantitative estimate of drug-likeness (QED) is 0.192. The predicted molar refractivity (Wildman–Crippen MR) is 100 cm³/mol. The normalized spacial score (nSPS) is 43.3. The third-order valence-corrected chi connectivity index (χ3v) is 9.27. The number of fused-ring (bicyclic) bond motifs is 9. The van der Waals surface area contributed by atoms with Crippen LogP contribution in [0.4, 0.5) is 30.7 Å².